The Hall–Kier alpha value is -1.81. The van der Waals surface area contributed by atoms with E-state index in [1.54, 1.807) is 7.11 Å². The Labute approximate surface area is 143 Å². The number of nitrogens with one attached hydrogen (secondary N) is 1. The van der Waals surface area contributed by atoms with Gasteiger partial charge in [-0.2, -0.15) is 0 Å². The van der Waals surface area contributed by atoms with Crippen LogP contribution in [0, 0.1) is 11.7 Å². The van der Waals surface area contributed by atoms with Crippen molar-refractivity contribution in [2.45, 2.75) is 18.4 Å². The Kier molecular flexibility index (Phi) is 3.64. The molecule has 2 aromatic carbocycles. The van der Waals surface area contributed by atoms with Crippen LogP contribution in [0.3, 0.4) is 0 Å². The average Bonchev–Trinajstić information content (AvgIpc) is 3.04. The molecule has 3 unspecified atom stereocenters. The molecule has 0 aromatic heterocycles. The highest BCUT2D eigenvalue weighted by Gasteiger charge is 2.39. The number of ether oxygens (including phenoxy) is 1. The van der Waals surface area contributed by atoms with Crippen LogP contribution in [0.2, 0.25) is 0 Å². The van der Waals surface area contributed by atoms with Gasteiger partial charge in [0.1, 0.15) is 11.6 Å². The molecule has 1 aliphatic heterocycles. The quantitative estimate of drug-likeness (QED) is 0.709. The highest BCUT2D eigenvalue weighted by Crippen LogP contribution is 2.51. The van der Waals surface area contributed by atoms with Crippen molar-refractivity contribution < 1.29 is 9.13 Å². The lowest BCUT2D eigenvalue weighted by molar-refractivity contribution is 0.405. The molecule has 1 heterocycles. The summed E-state index contributed by atoms with van der Waals surface area (Å²) in [6, 6.07) is 11.7. The molecule has 2 aromatic rings. The van der Waals surface area contributed by atoms with Crippen molar-refractivity contribution >= 4 is 21.6 Å². The Bertz CT molecular complexity index is 789. The monoisotopic (exact) mass is 373 g/mol. The van der Waals surface area contributed by atoms with Gasteiger partial charge in [-0.15, -0.1) is 0 Å². The molecule has 0 bridgehead atoms. The van der Waals surface area contributed by atoms with Gasteiger partial charge in [-0.25, -0.2) is 4.39 Å². The van der Waals surface area contributed by atoms with Gasteiger partial charge >= 0.3 is 0 Å². The number of hydrogen-bond acceptors (Lipinski definition) is 2. The average molecular weight is 374 g/mol. The zero-order chi connectivity index (χ0) is 16.0. The van der Waals surface area contributed by atoms with Crippen molar-refractivity contribution in [1.82, 2.24) is 0 Å². The van der Waals surface area contributed by atoms with E-state index in [9.17, 15) is 4.39 Å². The first-order valence-corrected chi connectivity index (χ1v) is 8.53. The molecule has 4 heteroatoms. The molecular weight excluding hydrogens is 357 g/mol. The number of benzene rings is 2. The summed E-state index contributed by atoms with van der Waals surface area (Å²) in [4.78, 5) is 0. The van der Waals surface area contributed by atoms with Gasteiger partial charge in [-0.3, -0.25) is 0 Å². The van der Waals surface area contributed by atoms with E-state index in [4.69, 9.17) is 4.74 Å². The summed E-state index contributed by atoms with van der Waals surface area (Å²) in [5.74, 6) is 1.26. The Morgan fingerprint density at radius 1 is 1.26 bits per heavy atom. The van der Waals surface area contributed by atoms with Crippen LogP contribution in [-0.2, 0) is 0 Å². The maximum atomic E-state index is 14.5. The van der Waals surface area contributed by atoms with Crippen molar-refractivity contribution in [2.24, 2.45) is 5.92 Å². The maximum Gasteiger partial charge on any atom is 0.147 e. The minimum atomic E-state index is -0.207. The van der Waals surface area contributed by atoms with E-state index in [1.807, 2.05) is 24.3 Å². The highest BCUT2D eigenvalue weighted by atomic mass is 79.9. The van der Waals surface area contributed by atoms with Crippen molar-refractivity contribution in [3.63, 3.8) is 0 Å². The zero-order valence-electron chi connectivity index (χ0n) is 12.7. The van der Waals surface area contributed by atoms with Crippen LogP contribution in [0.5, 0.6) is 5.75 Å². The van der Waals surface area contributed by atoms with Crippen LogP contribution in [0.4, 0.5) is 10.1 Å². The molecule has 0 radical (unpaired) electrons. The molecule has 1 N–H and O–H groups in total. The van der Waals surface area contributed by atoms with Crippen molar-refractivity contribution in [3.05, 3.63) is 70.0 Å². The number of methoxy groups -OCH3 is 1. The number of allylic oxidation sites excluding steroid dienone is 2. The van der Waals surface area contributed by atoms with Crippen LogP contribution < -0.4 is 10.1 Å². The first-order chi connectivity index (χ1) is 11.2. The minimum absolute atomic E-state index is 0.0771. The number of halogens is 2. The number of rotatable bonds is 2. The second-order valence-corrected chi connectivity index (χ2v) is 7.02. The third kappa shape index (κ3) is 2.45. The summed E-state index contributed by atoms with van der Waals surface area (Å²) < 4.78 is 20.6. The van der Waals surface area contributed by atoms with Gasteiger partial charge in [-0.1, -0.05) is 40.2 Å². The van der Waals surface area contributed by atoms with Crippen LogP contribution in [0.15, 0.2) is 53.0 Å². The number of fused-ring (bicyclic) bond motifs is 3. The molecule has 2 nitrogen and oxygen atoms in total. The van der Waals surface area contributed by atoms with Gasteiger partial charge in [0, 0.05) is 10.4 Å². The van der Waals surface area contributed by atoms with Crippen LogP contribution >= 0.6 is 15.9 Å². The lowest BCUT2D eigenvalue weighted by Gasteiger charge is -2.37. The topological polar surface area (TPSA) is 21.3 Å². The molecule has 23 heavy (non-hydrogen) atoms. The van der Waals surface area contributed by atoms with Crippen LogP contribution in [0.25, 0.3) is 0 Å². The Morgan fingerprint density at radius 2 is 2.13 bits per heavy atom. The second-order valence-electron chi connectivity index (χ2n) is 6.10. The third-order valence-corrected chi connectivity index (χ3v) is 5.30. The summed E-state index contributed by atoms with van der Waals surface area (Å²) >= 11 is 3.41. The lowest BCUT2D eigenvalue weighted by Crippen LogP contribution is -2.29. The third-order valence-electron chi connectivity index (χ3n) is 4.84. The molecule has 0 saturated heterocycles. The minimum Gasteiger partial charge on any atom is -0.497 e. The zero-order valence-corrected chi connectivity index (χ0v) is 14.3. The largest absolute Gasteiger partial charge is 0.497 e. The summed E-state index contributed by atoms with van der Waals surface area (Å²) in [5.41, 5.74) is 2.79. The predicted octanol–water partition coefficient (Wildman–Crippen LogP) is 5.42. The highest BCUT2D eigenvalue weighted by molar-refractivity contribution is 9.10. The standard InChI is InChI=1S/C19H17BrFNO/c1-23-13-5-2-4-11(8-13)18-15-7-3-6-14(15)16-9-12(20)10-17(21)19(16)22-18/h2-6,8-10,14-15,18,22H,7H2,1H3. The van der Waals surface area contributed by atoms with Gasteiger partial charge in [-0.05, 0) is 47.7 Å². The van der Waals surface area contributed by atoms with E-state index in [0.717, 1.165) is 27.8 Å². The summed E-state index contributed by atoms with van der Waals surface area (Å²) in [6.07, 6.45) is 5.41. The molecule has 0 fully saturated rings. The predicted molar refractivity (Wildman–Crippen MR) is 93.4 cm³/mol. The summed E-state index contributed by atoms with van der Waals surface area (Å²) in [5, 5.41) is 3.44. The molecule has 118 valence electrons. The first kappa shape index (κ1) is 14.8. The maximum absolute atomic E-state index is 14.5. The lowest BCUT2D eigenvalue weighted by atomic mass is 9.77. The van der Waals surface area contributed by atoms with Crippen molar-refractivity contribution in [1.29, 1.82) is 0 Å². The molecule has 2 aliphatic rings. The Balaban J connectivity index is 1.81. The smallest absolute Gasteiger partial charge is 0.147 e. The van der Waals surface area contributed by atoms with E-state index in [2.05, 4.69) is 39.5 Å². The summed E-state index contributed by atoms with van der Waals surface area (Å²) in [6.45, 7) is 0. The summed E-state index contributed by atoms with van der Waals surface area (Å²) in [7, 11) is 1.67. The van der Waals surface area contributed by atoms with Gasteiger partial charge < -0.3 is 10.1 Å². The number of hydrogen-bond donors (Lipinski definition) is 1. The molecule has 1 aliphatic carbocycles. The Morgan fingerprint density at radius 3 is 2.96 bits per heavy atom. The van der Waals surface area contributed by atoms with Crippen molar-refractivity contribution in [3.8, 4) is 5.75 Å². The molecule has 4 rings (SSSR count). The number of anilines is 1. The van der Waals surface area contributed by atoms with Crippen LogP contribution in [-0.4, -0.2) is 7.11 Å². The van der Waals surface area contributed by atoms with E-state index in [0.29, 0.717) is 11.6 Å². The van der Waals surface area contributed by atoms with Crippen molar-refractivity contribution in [2.75, 3.05) is 12.4 Å². The van der Waals surface area contributed by atoms with Crippen LogP contribution in [0.1, 0.15) is 29.5 Å². The fourth-order valence-corrected chi connectivity index (χ4v) is 4.23. The molecule has 3 atom stereocenters. The molecular formula is C19H17BrFNO. The van der Waals surface area contributed by atoms with Gasteiger partial charge in [0.05, 0.1) is 18.8 Å². The molecule has 0 saturated carbocycles. The van der Waals surface area contributed by atoms with E-state index in [1.165, 1.54) is 6.07 Å². The fraction of sp³-hybridized carbons (Fsp3) is 0.263. The second kappa shape index (κ2) is 5.68. The normalized spacial score (nSPS) is 24.7. The van der Waals surface area contributed by atoms with E-state index >= 15 is 0 Å². The van der Waals surface area contributed by atoms with E-state index < -0.39 is 0 Å². The van der Waals surface area contributed by atoms with E-state index in [-0.39, 0.29) is 17.8 Å². The van der Waals surface area contributed by atoms with Gasteiger partial charge in [0.25, 0.3) is 0 Å². The van der Waals surface area contributed by atoms with Gasteiger partial charge in [0.15, 0.2) is 0 Å². The van der Waals surface area contributed by atoms with Gasteiger partial charge in [0.2, 0.25) is 0 Å². The molecule has 0 spiro atoms. The first-order valence-electron chi connectivity index (χ1n) is 7.73. The SMILES string of the molecule is COc1cccc(C2Nc3c(F)cc(Br)cc3C3C=CCC32)c1. The fourth-order valence-electron chi connectivity index (χ4n) is 3.79. The molecule has 0 amide bonds.